The van der Waals surface area contributed by atoms with Gasteiger partial charge in [-0.05, 0) is 12.1 Å². The number of fused-ring (bicyclic) bond motifs is 1. The van der Waals surface area contributed by atoms with Crippen LogP contribution in [0.5, 0.6) is 11.5 Å². The van der Waals surface area contributed by atoms with Crippen LogP contribution >= 0.6 is 0 Å². The molecular formula is C13H14N4O2. The van der Waals surface area contributed by atoms with E-state index in [2.05, 4.69) is 20.3 Å². The molecule has 0 unspecified atom stereocenters. The van der Waals surface area contributed by atoms with Gasteiger partial charge in [-0.1, -0.05) is 12.1 Å². The lowest BCUT2D eigenvalue weighted by Gasteiger charge is -2.26. The van der Waals surface area contributed by atoms with Crippen molar-refractivity contribution in [3.05, 3.63) is 36.9 Å². The second-order valence-corrected chi connectivity index (χ2v) is 4.17. The van der Waals surface area contributed by atoms with Gasteiger partial charge in [-0.3, -0.25) is 0 Å². The molecule has 3 rings (SSSR count). The molecule has 0 amide bonds. The van der Waals surface area contributed by atoms with E-state index < -0.39 is 0 Å². The molecule has 6 heteroatoms. The molecule has 1 aromatic heterocycles. The summed E-state index contributed by atoms with van der Waals surface area (Å²) in [6.07, 6.45) is 3.79. The lowest BCUT2D eigenvalue weighted by Crippen LogP contribution is -2.31. The van der Waals surface area contributed by atoms with Crippen LogP contribution in [0.3, 0.4) is 0 Å². The van der Waals surface area contributed by atoms with Gasteiger partial charge in [-0.2, -0.15) is 0 Å². The summed E-state index contributed by atoms with van der Waals surface area (Å²) in [7, 11) is 0. The molecule has 2 heterocycles. The molecule has 0 saturated heterocycles. The van der Waals surface area contributed by atoms with E-state index in [1.165, 1.54) is 12.7 Å². The Morgan fingerprint density at radius 1 is 1.16 bits per heavy atom. The van der Waals surface area contributed by atoms with E-state index in [1.54, 1.807) is 0 Å². The standard InChI is InChI=1S/C13H14N4O2/c1-2-4-12-11(3-1)18-7-10(19-12)5-6-15-13-16-8-14-9-17-13/h1-4,8-10H,5-7H2,(H,14,15,16,17)/t10-/m0/s1. The minimum atomic E-state index is 0.0456. The molecule has 98 valence electrons. The Bertz CT molecular complexity index is 535. The molecular weight excluding hydrogens is 244 g/mol. The number of benzene rings is 1. The Hall–Kier alpha value is -2.37. The third-order valence-corrected chi connectivity index (χ3v) is 2.81. The predicted molar refractivity (Wildman–Crippen MR) is 69.3 cm³/mol. The summed E-state index contributed by atoms with van der Waals surface area (Å²) in [5.41, 5.74) is 0. The molecule has 1 atom stereocenters. The summed E-state index contributed by atoms with van der Waals surface area (Å²) < 4.78 is 11.5. The molecule has 2 aromatic rings. The van der Waals surface area contributed by atoms with Gasteiger partial charge in [0, 0.05) is 13.0 Å². The van der Waals surface area contributed by atoms with Gasteiger partial charge in [0.15, 0.2) is 11.5 Å². The lowest BCUT2D eigenvalue weighted by molar-refractivity contribution is 0.0873. The molecule has 0 radical (unpaired) electrons. The first-order chi connectivity index (χ1) is 9.42. The van der Waals surface area contributed by atoms with E-state index in [9.17, 15) is 0 Å². The lowest BCUT2D eigenvalue weighted by atomic mass is 10.2. The number of rotatable bonds is 4. The maximum atomic E-state index is 5.85. The Kier molecular flexibility index (Phi) is 3.40. The Balaban J connectivity index is 1.50. The van der Waals surface area contributed by atoms with E-state index in [0.717, 1.165) is 24.5 Å². The number of nitrogens with zero attached hydrogens (tertiary/aromatic N) is 3. The van der Waals surface area contributed by atoms with E-state index in [4.69, 9.17) is 9.47 Å². The van der Waals surface area contributed by atoms with Gasteiger partial charge < -0.3 is 14.8 Å². The van der Waals surface area contributed by atoms with Crippen molar-refractivity contribution in [1.29, 1.82) is 0 Å². The number of aromatic nitrogens is 3. The molecule has 0 saturated carbocycles. The fraction of sp³-hybridized carbons (Fsp3) is 0.308. The average molecular weight is 258 g/mol. The average Bonchev–Trinajstić information content (AvgIpc) is 2.48. The molecule has 1 aliphatic rings. The first kappa shape index (κ1) is 11.7. The minimum absolute atomic E-state index is 0.0456. The van der Waals surface area contributed by atoms with Crippen LogP contribution in [0.15, 0.2) is 36.9 Å². The molecule has 0 bridgehead atoms. The molecule has 0 fully saturated rings. The van der Waals surface area contributed by atoms with Crippen molar-refractivity contribution >= 4 is 5.95 Å². The molecule has 6 nitrogen and oxygen atoms in total. The second kappa shape index (κ2) is 5.51. The van der Waals surface area contributed by atoms with Crippen LogP contribution in [0.25, 0.3) is 0 Å². The Morgan fingerprint density at radius 3 is 2.79 bits per heavy atom. The summed E-state index contributed by atoms with van der Waals surface area (Å²) >= 11 is 0. The van der Waals surface area contributed by atoms with Crippen LogP contribution in [0.4, 0.5) is 5.95 Å². The van der Waals surface area contributed by atoms with E-state index in [1.807, 2.05) is 24.3 Å². The number of anilines is 1. The Labute approximate surface area is 110 Å². The van der Waals surface area contributed by atoms with Crippen molar-refractivity contribution in [2.45, 2.75) is 12.5 Å². The largest absolute Gasteiger partial charge is 0.486 e. The van der Waals surface area contributed by atoms with E-state index in [-0.39, 0.29) is 6.10 Å². The van der Waals surface area contributed by atoms with Crippen molar-refractivity contribution in [3.8, 4) is 11.5 Å². The molecule has 1 N–H and O–H groups in total. The highest BCUT2D eigenvalue weighted by atomic mass is 16.6. The molecule has 0 aliphatic carbocycles. The Morgan fingerprint density at radius 2 is 1.95 bits per heavy atom. The quantitative estimate of drug-likeness (QED) is 0.896. The van der Waals surface area contributed by atoms with Gasteiger partial charge >= 0.3 is 0 Å². The third kappa shape index (κ3) is 2.90. The first-order valence-electron chi connectivity index (χ1n) is 6.16. The highest BCUT2D eigenvalue weighted by Crippen LogP contribution is 2.31. The summed E-state index contributed by atoms with van der Waals surface area (Å²) in [6, 6.07) is 7.70. The molecule has 0 spiro atoms. The predicted octanol–water partition coefficient (Wildman–Crippen LogP) is 1.51. The topological polar surface area (TPSA) is 69.2 Å². The molecule has 1 aliphatic heterocycles. The number of para-hydroxylation sites is 2. The first-order valence-corrected chi connectivity index (χ1v) is 6.16. The van der Waals surface area contributed by atoms with Gasteiger partial charge in [0.05, 0.1) is 0 Å². The monoisotopic (exact) mass is 258 g/mol. The van der Waals surface area contributed by atoms with Crippen LogP contribution in [-0.2, 0) is 0 Å². The maximum Gasteiger partial charge on any atom is 0.225 e. The zero-order valence-corrected chi connectivity index (χ0v) is 10.3. The third-order valence-electron chi connectivity index (χ3n) is 2.81. The number of hydrogen-bond donors (Lipinski definition) is 1. The fourth-order valence-corrected chi connectivity index (χ4v) is 1.88. The maximum absolute atomic E-state index is 5.85. The molecule has 19 heavy (non-hydrogen) atoms. The van der Waals surface area contributed by atoms with Crippen LogP contribution in [0, 0.1) is 0 Å². The second-order valence-electron chi connectivity index (χ2n) is 4.17. The van der Waals surface area contributed by atoms with Crippen LogP contribution < -0.4 is 14.8 Å². The van der Waals surface area contributed by atoms with E-state index in [0.29, 0.717) is 12.6 Å². The van der Waals surface area contributed by atoms with Crippen LogP contribution in [0.1, 0.15) is 6.42 Å². The SMILES string of the molecule is c1ccc2c(c1)OC[C@H](CCNc1ncncn1)O2. The van der Waals surface area contributed by atoms with Gasteiger partial charge in [0.2, 0.25) is 5.95 Å². The van der Waals surface area contributed by atoms with Crippen molar-refractivity contribution < 1.29 is 9.47 Å². The molecule has 1 aromatic carbocycles. The normalized spacial score (nSPS) is 16.9. The van der Waals surface area contributed by atoms with Crippen molar-refractivity contribution in [3.63, 3.8) is 0 Å². The van der Waals surface area contributed by atoms with Gasteiger partial charge in [-0.15, -0.1) is 0 Å². The highest BCUT2D eigenvalue weighted by Gasteiger charge is 2.19. The minimum Gasteiger partial charge on any atom is -0.486 e. The highest BCUT2D eigenvalue weighted by molar-refractivity contribution is 5.40. The smallest absolute Gasteiger partial charge is 0.225 e. The summed E-state index contributed by atoms with van der Waals surface area (Å²) in [6.45, 7) is 1.29. The van der Waals surface area contributed by atoms with E-state index >= 15 is 0 Å². The summed E-state index contributed by atoms with van der Waals surface area (Å²) in [5, 5.41) is 3.12. The van der Waals surface area contributed by atoms with Crippen LogP contribution in [-0.4, -0.2) is 34.2 Å². The zero-order chi connectivity index (χ0) is 12.9. The van der Waals surface area contributed by atoms with Gasteiger partial charge in [0.25, 0.3) is 0 Å². The van der Waals surface area contributed by atoms with Crippen LogP contribution in [0.2, 0.25) is 0 Å². The zero-order valence-electron chi connectivity index (χ0n) is 10.3. The number of ether oxygens (including phenoxy) is 2. The van der Waals surface area contributed by atoms with Gasteiger partial charge in [-0.25, -0.2) is 15.0 Å². The van der Waals surface area contributed by atoms with Crippen molar-refractivity contribution in [1.82, 2.24) is 15.0 Å². The summed E-state index contributed by atoms with van der Waals surface area (Å²) in [5.74, 6) is 2.19. The van der Waals surface area contributed by atoms with Crippen molar-refractivity contribution in [2.75, 3.05) is 18.5 Å². The number of hydrogen-bond acceptors (Lipinski definition) is 6. The van der Waals surface area contributed by atoms with Gasteiger partial charge in [0.1, 0.15) is 25.4 Å². The number of nitrogens with one attached hydrogen (secondary N) is 1. The van der Waals surface area contributed by atoms with Crippen molar-refractivity contribution in [2.24, 2.45) is 0 Å². The fourth-order valence-electron chi connectivity index (χ4n) is 1.88. The summed E-state index contributed by atoms with van der Waals surface area (Å²) in [4.78, 5) is 11.7.